The molecule has 0 rings (SSSR count). The molecule has 80 valence electrons. The van der Waals surface area contributed by atoms with Crippen LogP contribution in [0.3, 0.4) is 0 Å². The molecule has 0 aliphatic heterocycles. The average Bonchev–Trinajstić information content (AvgIpc) is 2.21. The van der Waals surface area contributed by atoms with Gasteiger partial charge >= 0.3 is 5.97 Å². The maximum absolute atomic E-state index is 10.6. The van der Waals surface area contributed by atoms with Gasteiger partial charge < -0.3 is 5.11 Å². The number of rotatable bonds is 7. The van der Waals surface area contributed by atoms with E-state index in [9.17, 15) is 14.4 Å². The monoisotopic (exact) mass is 210 g/mol. The van der Waals surface area contributed by atoms with E-state index >= 15 is 0 Å². The lowest BCUT2D eigenvalue weighted by molar-refractivity contribution is -0.132. The first-order valence-electron chi connectivity index (χ1n) is 4.22. The van der Waals surface area contributed by atoms with Crippen LogP contribution in [0.15, 0.2) is 21.6 Å². The molecule has 6 nitrogen and oxygen atoms in total. The second kappa shape index (κ2) is 8.56. The van der Waals surface area contributed by atoms with Crippen molar-refractivity contribution in [2.75, 3.05) is 13.1 Å². The van der Waals surface area contributed by atoms with Gasteiger partial charge in [0.05, 0.1) is 13.1 Å². The fraction of sp³-hybridized carbons (Fsp3) is 0.444. The van der Waals surface area contributed by atoms with E-state index in [0.717, 1.165) is 0 Å². The van der Waals surface area contributed by atoms with Crippen LogP contribution in [-0.2, 0) is 14.4 Å². The van der Waals surface area contributed by atoms with Crippen LogP contribution in [0.2, 0.25) is 0 Å². The molecule has 15 heavy (non-hydrogen) atoms. The average molecular weight is 210 g/mol. The topological polar surface area (TPSA) is 96.2 Å². The van der Waals surface area contributed by atoms with Crippen LogP contribution in [0, 0.1) is 0 Å². The minimum Gasteiger partial charge on any atom is -0.478 e. The van der Waals surface area contributed by atoms with Gasteiger partial charge in [-0.2, -0.15) is 0 Å². The molecule has 6 heteroatoms. The Morgan fingerprint density at radius 1 is 1.20 bits per heavy atom. The van der Waals surface area contributed by atoms with Gasteiger partial charge in [-0.15, -0.1) is 0 Å². The number of aliphatic carboxylic acids is 1. The summed E-state index contributed by atoms with van der Waals surface area (Å²) in [4.78, 5) is 36.6. The summed E-state index contributed by atoms with van der Waals surface area (Å²) in [6.07, 6.45) is 4.63. The van der Waals surface area contributed by atoms with Crippen molar-refractivity contribution in [3.8, 4) is 0 Å². The Balaban J connectivity index is 4.18. The SMILES string of the molecule is O=C=NCCC=C(CCN=C=O)C(=O)O. The molecule has 0 aromatic heterocycles. The van der Waals surface area contributed by atoms with Gasteiger partial charge in [-0.25, -0.2) is 24.4 Å². The number of carboxylic acid groups (broad SMARTS) is 1. The van der Waals surface area contributed by atoms with E-state index in [4.69, 9.17) is 5.11 Å². The Morgan fingerprint density at radius 2 is 1.80 bits per heavy atom. The molecule has 0 spiro atoms. The largest absolute Gasteiger partial charge is 0.478 e. The smallest absolute Gasteiger partial charge is 0.331 e. The highest BCUT2D eigenvalue weighted by molar-refractivity contribution is 5.86. The molecule has 0 aliphatic carbocycles. The molecule has 0 aromatic rings. The molecule has 0 fully saturated rings. The van der Waals surface area contributed by atoms with Crippen LogP contribution in [0.4, 0.5) is 0 Å². The molecular formula is C9H10N2O4. The van der Waals surface area contributed by atoms with Crippen LogP contribution in [-0.4, -0.2) is 36.3 Å². The molecule has 0 aromatic carbocycles. The molecule has 0 aliphatic rings. The molecule has 0 radical (unpaired) electrons. The third-order valence-electron chi connectivity index (χ3n) is 1.53. The first-order chi connectivity index (χ1) is 7.22. The van der Waals surface area contributed by atoms with E-state index < -0.39 is 5.97 Å². The van der Waals surface area contributed by atoms with Crippen molar-refractivity contribution >= 4 is 18.1 Å². The number of carboxylic acids is 1. The predicted molar refractivity (Wildman–Crippen MR) is 50.9 cm³/mol. The second-order valence-electron chi connectivity index (χ2n) is 2.52. The van der Waals surface area contributed by atoms with Crippen LogP contribution in [0.1, 0.15) is 12.8 Å². The summed E-state index contributed by atoms with van der Waals surface area (Å²) in [5.74, 6) is -1.06. The molecule has 1 N–H and O–H groups in total. The highest BCUT2D eigenvalue weighted by atomic mass is 16.4. The standard InChI is InChI=1S/C9H10N2O4/c12-6-10-4-1-2-8(9(14)15)3-5-11-7-13/h2H,1,3-5H2,(H,14,15). The molecule has 0 saturated heterocycles. The lowest BCUT2D eigenvalue weighted by Crippen LogP contribution is -2.02. The van der Waals surface area contributed by atoms with Gasteiger partial charge in [0.15, 0.2) is 0 Å². The summed E-state index contributed by atoms with van der Waals surface area (Å²) < 4.78 is 0. The molecule has 0 bridgehead atoms. The molecule has 0 atom stereocenters. The molecule has 0 saturated carbocycles. The van der Waals surface area contributed by atoms with E-state index in [2.05, 4.69) is 9.98 Å². The van der Waals surface area contributed by atoms with E-state index in [0.29, 0.717) is 6.42 Å². The summed E-state index contributed by atoms with van der Waals surface area (Å²) in [6.45, 7) is 0.301. The number of carbonyl (C=O) groups is 1. The maximum Gasteiger partial charge on any atom is 0.331 e. The minimum absolute atomic E-state index is 0.0958. The maximum atomic E-state index is 10.6. The third-order valence-corrected chi connectivity index (χ3v) is 1.53. The van der Waals surface area contributed by atoms with E-state index in [1.165, 1.54) is 18.2 Å². The lowest BCUT2D eigenvalue weighted by atomic mass is 10.1. The number of aliphatic imine (C=N–C) groups is 2. The van der Waals surface area contributed by atoms with Gasteiger partial charge in [-0.3, -0.25) is 0 Å². The lowest BCUT2D eigenvalue weighted by Gasteiger charge is -1.97. The highest BCUT2D eigenvalue weighted by Gasteiger charge is 2.05. The quantitative estimate of drug-likeness (QED) is 0.285. The number of carbonyl (C=O) groups excluding carboxylic acids is 2. The zero-order chi connectivity index (χ0) is 11.5. The fourth-order valence-electron chi connectivity index (χ4n) is 0.867. The van der Waals surface area contributed by atoms with Gasteiger partial charge in [0.1, 0.15) is 0 Å². The molecule has 0 amide bonds. The van der Waals surface area contributed by atoms with Gasteiger partial charge in [0.2, 0.25) is 12.2 Å². The summed E-state index contributed by atoms with van der Waals surface area (Å²) in [5.41, 5.74) is 0.148. The number of nitrogens with zero attached hydrogens (tertiary/aromatic N) is 2. The van der Waals surface area contributed by atoms with Gasteiger partial charge in [0, 0.05) is 5.57 Å². The second-order valence-corrected chi connectivity index (χ2v) is 2.52. The highest BCUT2D eigenvalue weighted by Crippen LogP contribution is 2.03. The Morgan fingerprint density at radius 3 is 2.33 bits per heavy atom. The Bertz CT molecular complexity index is 336. The zero-order valence-corrected chi connectivity index (χ0v) is 7.97. The predicted octanol–water partition coefficient (Wildman–Crippen LogP) is 0.449. The summed E-state index contributed by atoms with van der Waals surface area (Å²) in [5, 5.41) is 8.71. The number of hydrogen-bond acceptors (Lipinski definition) is 5. The van der Waals surface area contributed by atoms with Crippen LogP contribution in [0.25, 0.3) is 0 Å². The normalized spacial score (nSPS) is 10.0. The molecule has 0 unspecified atom stereocenters. The first-order valence-corrected chi connectivity index (χ1v) is 4.22. The van der Waals surface area contributed by atoms with Crippen LogP contribution < -0.4 is 0 Å². The summed E-state index contributed by atoms with van der Waals surface area (Å²) >= 11 is 0. The zero-order valence-electron chi connectivity index (χ0n) is 7.97. The summed E-state index contributed by atoms with van der Waals surface area (Å²) in [6, 6.07) is 0. The third kappa shape index (κ3) is 7.07. The molecule has 0 heterocycles. The Kier molecular flexibility index (Phi) is 7.40. The van der Waals surface area contributed by atoms with Gasteiger partial charge in [-0.05, 0) is 12.8 Å². The number of isocyanates is 2. The molecular weight excluding hydrogens is 200 g/mol. The van der Waals surface area contributed by atoms with E-state index in [1.54, 1.807) is 0 Å². The van der Waals surface area contributed by atoms with Crippen molar-refractivity contribution in [1.29, 1.82) is 0 Å². The van der Waals surface area contributed by atoms with E-state index in [-0.39, 0.29) is 25.1 Å². The minimum atomic E-state index is -1.06. The van der Waals surface area contributed by atoms with Gasteiger partial charge in [0.25, 0.3) is 0 Å². The van der Waals surface area contributed by atoms with Crippen molar-refractivity contribution in [3.05, 3.63) is 11.6 Å². The Hall–Kier alpha value is -2.03. The Labute approximate surface area is 86.0 Å². The fourth-order valence-corrected chi connectivity index (χ4v) is 0.867. The summed E-state index contributed by atoms with van der Waals surface area (Å²) in [7, 11) is 0. The van der Waals surface area contributed by atoms with Crippen LogP contribution in [0.5, 0.6) is 0 Å². The van der Waals surface area contributed by atoms with Crippen molar-refractivity contribution in [3.63, 3.8) is 0 Å². The van der Waals surface area contributed by atoms with Crippen molar-refractivity contribution in [1.82, 2.24) is 0 Å². The van der Waals surface area contributed by atoms with E-state index in [1.807, 2.05) is 0 Å². The van der Waals surface area contributed by atoms with Crippen LogP contribution >= 0.6 is 0 Å². The van der Waals surface area contributed by atoms with Gasteiger partial charge in [-0.1, -0.05) is 6.08 Å². The number of hydrogen-bond donors (Lipinski definition) is 1. The van der Waals surface area contributed by atoms with Crippen molar-refractivity contribution in [2.24, 2.45) is 9.98 Å². The van der Waals surface area contributed by atoms with Crippen molar-refractivity contribution in [2.45, 2.75) is 12.8 Å². The first kappa shape index (κ1) is 13.0. The van der Waals surface area contributed by atoms with Crippen molar-refractivity contribution < 1.29 is 19.5 Å².